The highest BCUT2D eigenvalue weighted by Crippen LogP contribution is 2.57. The van der Waals surface area contributed by atoms with Crippen molar-refractivity contribution in [1.29, 1.82) is 0 Å². The van der Waals surface area contributed by atoms with E-state index in [1.54, 1.807) is 13.8 Å². The van der Waals surface area contributed by atoms with E-state index in [9.17, 15) is 36.6 Å². The van der Waals surface area contributed by atoms with Crippen LogP contribution >= 0.6 is 0 Å². The average Bonchev–Trinajstić information content (AvgIpc) is 2.53. The number of aryl methyl sites for hydroxylation is 2. The molecule has 8 heteroatoms. The molecule has 0 unspecified atom stereocenters. The molecule has 2 nitrogen and oxygen atoms in total. The van der Waals surface area contributed by atoms with Gasteiger partial charge in [-0.05, 0) is 47.2 Å². The Morgan fingerprint density at radius 1 is 0.667 bits per heavy atom. The molecule has 27 heavy (non-hydrogen) atoms. The zero-order chi connectivity index (χ0) is 20.6. The molecule has 2 aromatic rings. The van der Waals surface area contributed by atoms with E-state index in [-0.39, 0.29) is 24.0 Å². The lowest BCUT2D eigenvalue weighted by Gasteiger charge is -2.38. The van der Waals surface area contributed by atoms with Gasteiger partial charge in [0, 0.05) is 0 Å². The van der Waals surface area contributed by atoms with Gasteiger partial charge in [-0.2, -0.15) is 26.3 Å². The summed E-state index contributed by atoms with van der Waals surface area (Å²) in [6.07, 6.45) is -11.1. The predicted octanol–water partition coefficient (Wildman–Crippen LogP) is 5.63. The van der Waals surface area contributed by atoms with Crippen LogP contribution in [0.5, 0.6) is 11.5 Å². The monoisotopic (exact) mass is 392 g/mol. The van der Waals surface area contributed by atoms with Crippen LogP contribution in [0.25, 0.3) is 0 Å². The molecule has 148 valence electrons. The maximum Gasteiger partial charge on any atom is 0.411 e. The van der Waals surface area contributed by atoms with Crippen LogP contribution in [-0.4, -0.2) is 22.6 Å². The predicted molar refractivity (Wildman–Crippen MR) is 87.9 cm³/mol. The van der Waals surface area contributed by atoms with Gasteiger partial charge in [0.25, 0.3) is 0 Å². The molecule has 2 N–H and O–H groups in total. The summed E-state index contributed by atoms with van der Waals surface area (Å²) in [5.41, 5.74) is -6.28. The quantitative estimate of drug-likeness (QED) is 0.662. The molecule has 2 rings (SSSR count). The van der Waals surface area contributed by atoms with Crippen LogP contribution in [0.15, 0.2) is 36.4 Å². The summed E-state index contributed by atoms with van der Waals surface area (Å²) in [6.45, 7) is 3.22. The Hall–Kier alpha value is -2.38. The van der Waals surface area contributed by atoms with Crippen LogP contribution in [0.2, 0.25) is 0 Å². The molecule has 0 aliphatic heterocycles. The maximum atomic E-state index is 14.0. The highest BCUT2D eigenvalue weighted by molar-refractivity contribution is 5.51. The average molecular weight is 392 g/mol. The van der Waals surface area contributed by atoms with Crippen LogP contribution in [-0.2, 0) is 18.3 Å². The van der Waals surface area contributed by atoms with Crippen molar-refractivity contribution in [3.63, 3.8) is 0 Å². The van der Waals surface area contributed by atoms with Crippen molar-refractivity contribution in [2.75, 3.05) is 0 Å². The normalized spacial score (nSPS) is 13.0. The van der Waals surface area contributed by atoms with Crippen molar-refractivity contribution in [3.05, 3.63) is 58.7 Å². The van der Waals surface area contributed by atoms with E-state index in [1.807, 2.05) is 0 Å². The van der Waals surface area contributed by atoms with Crippen molar-refractivity contribution >= 4 is 0 Å². The van der Waals surface area contributed by atoms with Crippen molar-refractivity contribution in [1.82, 2.24) is 0 Å². The summed E-state index contributed by atoms with van der Waals surface area (Å²) in [5.74, 6) is -1.30. The van der Waals surface area contributed by atoms with Gasteiger partial charge < -0.3 is 10.2 Å². The van der Waals surface area contributed by atoms with Crippen LogP contribution in [0.3, 0.4) is 0 Å². The van der Waals surface area contributed by atoms with Gasteiger partial charge in [-0.25, -0.2) is 0 Å². The van der Waals surface area contributed by atoms with E-state index in [0.29, 0.717) is 24.3 Å². The number of hydrogen-bond acceptors (Lipinski definition) is 2. The molecule has 0 aliphatic carbocycles. The second-order valence-corrected chi connectivity index (χ2v) is 6.14. The van der Waals surface area contributed by atoms with Gasteiger partial charge in [-0.15, -0.1) is 0 Å². The van der Waals surface area contributed by atoms with Crippen LogP contribution in [0.4, 0.5) is 26.3 Å². The second-order valence-electron chi connectivity index (χ2n) is 6.14. The number of phenolic OH excluding ortho intramolecular Hbond substituents is 2. The van der Waals surface area contributed by atoms with Crippen molar-refractivity contribution < 1.29 is 36.6 Å². The van der Waals surface area contributed by atoms with E-state index in [0.717, 1.165) is 12.1 Å². The lowest BCUT2D eigenvalue weighted by Crippen LogP contribution is -2.54. The van der Waals surface area contributed by atoms with Gasteiger partial charge in [-0.1, -0.05) is 38.1 Å². The van der Waals surface area contributed by atoms with E-state index >= 15 is 0 Å². The molecule has 0 bridgehead atoms. The minimum atomic E-state index is -5.77. The Bertz CT molecular complexity index is 754. The summed E-state index contributed by atoms with van der Waals surface area (Å²) in [4.78, 5) is 0. The number of phenols is 2. The molecule has 0 saturated carbocycles. The van der Waals surface area contributed by atoms with Gasteiger partial charge in [0.2, 0.25) is 5.41 Å². The topological polar surface area (TPSA) is 40.5 Å². The SMILES string of the molecule is CCc1ccc(C(c2ccc(CC)c(O)c2)(C(F)(F)F)C(F)(F)F)cc1O. The van der Waals surface area contributed by atoms with Crippen molar-refractivity contribution in [3.8, 4) is 11.5 Å². The summed E-state index contributed by atoms with van der Waals surface area (Å²) in [5, 5.41) is 19.8. The maximum absolute atomic E-state index is 14.0. The minimum Gasteiger partial charge on any atom is -0.508 e. The first kappa shape index (κ1) is 20.9. The first-order valence-corrected chi connectivity index (χ1v) is 8.18. The van der Waals surface area contributed by atoms with Crippen LogP contribution in [0.1, 0.15) is 36.1 Å². The molecule has 0 atom stereocenters. The second kappa shape index (κ2) is 6.98. The largest absolute Gasteiger partial charge is 0.508 e. The van der Waals surface area contributed by atoms with Gasteiger partial charge in [-0.3, -0.25) is 0 Å². The Morgan fingerprint density at radius 2 is 1.00 bits per heavy atom. The zero-order valence-electron chi connectivity index (χ0n) is 14.5. The Morgan fingerprint density at radius 3 is 1.22 bits per heavy atom. The molecule has 0 saturated heterocycles. The standard InChI is InChI=1S/C19H18F6O2/c1-3-11-5-7-13(9-15(11)26)17(18(20,21)22,19(23,24)25)14-8-6-12(4-2)16(27)10-14/h5-10,26-27H,3-4H2,1-2H3. The number of aromatic hydroxyl groups is 2. The highest BCUT2D eigenvalue weighted by atomic mass is 19.4. The van der Waals surface area contributed by atoms with Crippen LogP contribution < -0.4 is 0 Å². The summed E-state index contributed by atoms with van der Waals surface area (Å²) >= 11 is 0. The zero-order valence-corrected chi connectivity index (χ0v) is 14.5. The lowest BCUT2D eigenvalue weighted by atomic mass is 9.72. The molecule has 0 heterocycles. The molecular weight excluding hydrogens is 374 g/mol. The third kappa shape index (κ3) is 3.33. The summed E-state index contributed by atoms with van der Waals surface area (Å²) in [6, 6.07) is 4.48. The third-order valence-corrected chi connectivity index (χ3v) is 4.65. The Labute approximate surface area is 152 Å². The Kier molecular flexibility index (Phi) is 5.41. The third-order valence-electron chi connectivity index (χ3n) is 4.65. The highest BCUT2D eigenvalue weighted by Gasteiger charge is 2.72. The van der Waals surface area contributed by atoms with Gasteiger partial charge >= 0.3 is 12.4 Å². The molecule has 0 spiro atoms. The summed E-state index contributed by atoms with van der Waals surface area (Å²) < 4.78 is 83.9. The van der Waals surface area contributed by atoms with E-state index in [4.69, 9.17) is 0 Å². The molecule has 0 aromatic heterocycles. The Balaban J connectivity index is 2.92. The number of alkyl halides is 6. The molecule has 0 amide bonds. The molecule has 2 aromatic carbocycles. The number of hydrogen-bond donors (Lipinski definition) is 2. The minimum absolute atomic E-state index is 0.223. The van der Waals surface area contributed by atoms with Gasteiger partial charge in [0.1, 0.15) is 11.5 Å². The molecule has 0 radical (unpaired) electrons. The van der Waals surface area contributed by atoms with E-state index in [1.165, 1.54) is 0 Å². The van der Waals surface area contributed by atoms with Crippen molar-refractivity contribution in [2.45, 2.75) is 44.5 Å². The first-order chi connectivity index (χ1) is 12.4. The summed E-state index contributed by atoms with van der Waals surface area (Å²) in [7, 11) is 0. The smallest absolute Gasteiger partial charge is 0.411 e. The first-order valence-electron chi connectivity index (χ1n) is 8.18. The fourth-order valence-corrected chi connectivity index (χ4v) is 3.17. The number of rotatable bonds is 4. The van der Waals surface area contributed by atoms with Crippen molar-refractivity contribution in [2.24, 2.45) is 0 Å². The number of benzene rings is 2. The molecule has 0 aliphatic rings. The fraction of sp³-hybridized carbons (Fsp3) is 0.368. The van der Waals surface area contributed by atoms with Crippen LogP contribution in [0, 0.1) is 0 Å². The fourth-order valence-electron chi connectivity index (χ4n) is 3.17. The molecular formula is C19H18F6O2. The van der Waals surface area contributed by atoms with Gasteiger partial charge in [0.15, 0.2) is 0 Å². The van der Waals surface area contributed by atoms with Gasteiger partial charge in [0.05, 0.1) is 0 Å². The van der Waals surface area contributed by atoms with E-state index in [2.05, 4.69) is 0 Å². The van der Waals surface area contributed by atoms with E-state index < -0.39 is 40.4 Å². The number of halogens is 6. The molecule has 0 fully saturated rings. The lowest BCUT2D eigenvalue weighted by molar-refractivity contribution is -0.288.